The molecule has 0 aromatic heterocycles. The van der Waals surface area contributed by atoms with Crippen LogP contribution >= 0.6 is 31.9 Å². The van der Waals surface area contributed by atoms with E-state index in [0.717, 1.165) is 0 Å². The fourth-order valence-corrected chi connectivity index (χ4v) is 2.43. The molecule has 0 atom stereocenters. The van der Waals surface area contributed by atoms with Crippen LogP contribution in [0.2, 0.25) is 0 Å². The van der Waals surface area contributed by atoms with Crippen LogP contribution in [0.15, 0.2) is 6.07 Å². The molecular weight excluding hydrogens is 395 g/mol. The van der Waals surface area contributed by atoms with E-state index in [0.29, 0.717) is 16.7 Å². The SMILES string of the molecule is O=C(O)c1cc(F)c(N(CCBr)CCBr)c(F)c1F. The van der Waals surface area contributed by atoms with Crippen LogP contribution < -0.4 is 4.90 Å². The van der Waals surface area contributed by atoms with Crippen LogP contribution in [0.4, 0.5) is 18.9 Å². The van der Waals surface area contributed by atoms with Gasteiger partial charge in [-0.3, -0.25) is 0 Å². The van der Waals surface area contributed by atoms with Gasteiger partial charge in [-0.05, 0) is 6.07 Å². The molecule has 1 N–H and O–H groups in total. The Hall–Kier alpha value is -0.760. The van der Waals surface area contributed by atoms with Crippen LogP contribution in [-0.4, -0.2) is 34.8 Å². The van der Waals surface area contributed by atoms with Crippen molar-refractivity contribution >= 4 is 43.5 Å². The number of carbonyl (C=O) groups is 1. The minimum Gasteiger partial charge on any atom is -0.478 e. The third-order valence-corrected chi connectivity index (χ3v) is 3.10. The van der Waals surface area contributed by atoms with E-state index in [1.165, 1.54) is 4.90 Å². The molecule has 106 valence electrons. The molecule has 0 aliphatic heterocycles. The molecule has 0 saturated carbocycles. The van der Waals surface area contributed by atoms with Gasteiger partial charge in [-0.1, -0.05) is 31.9 Å². The topological polar surface area (TPSA) is 40.5 Å². The summed E-state index contributed by atoms with van der Waals surface area (Å²) in [5, 5.41) is 9.51. The minimum absolute atomic E-state index is 0.255. The molecule has 0 radical (unpaired) electrons. The van der Waals surface area contributed by atoms with E-state index < -0.39 is 34.7 Å². The molecule has 0 amide bonds. The van der Waals surface area contributed by atoms with Crippen molar-refractivity contribution < 1.29 is 23.1 Å². The number of anilines is 1. The molecule has 0 heterocycles. The van der Waals surface area contributed by atoms with E-state index in [-0.39, 0.29) is 13.1 Å². The first kappa shape index (κ1) is 16.3. The average Bonchev–Trinajstić information content (AvgIpc) is 2.34. The lowest BCUT2D eigenvalue weighted by molar-refractivity contribution is 0.0690. The van der Waals surface area contributed by atoms with Crippen LogP contribution in [0.25, 0.3) is 0 Å². The molecule has 0 bridgehead atoms. The molecule has 1 aromatic rings. The summed E-state index contributed by atoms with van der Waals surface area (Å²) in [5.41, 5.74) is -1.57. The number of halogens is 5. The van der Waals surface area contributed by atoms with Gasteiger partial charge >= 0.3 is 5.97 Å². The summed E-state index contributed by atoms with van der Waals surface area (Å²) >= 11 is 6.27. The van der Waals surface area contributed by atoms with Gasteiger partial charge in [0.25, 0.3) is 0 Å². The molecule has 3 nitrogen and oxygen atoms in total. The van der Waals surface area contributed by atoms with Crippen LogP contribution in [0.5, 0.6) is 0 Å². The third kappa shape index (κ3) is 3.62. The number of aromatic carboxylic acids is 1. The quantitative estimate of drug-likeness (QED) is 0.583. The Labute approximate surface area is 124 Å². The third-order valence-electron chi connectivity index (χ3n) is 2.39. The maximum atomic E-state index is 13.8. The first-order chi connectivity index (χ1) is 8.93. The van der Waals surface area contributed by atoms with E-state index in [4.69, 9.17) is 5.11 Å². The maximum Gasteiger partial charge on any atom is 0.338 e. The molecule has 0 spiro atoms. The predicted octanol–water partition coefficient (Wildman–Crippen LogP) is 3.40. The number of nitrogens with zero attached hydrogens (tertiary/aromatic N) is 1. The van der Waals surface area contributed by atoms with E-state index in [9.17, 15) is 18.0 Å². The van der Waals surface area contributed by atoms with Crippen molar-refractivity contribution in [3.63, 3.8) is 0 Å². The number of benzene rings is 1. The fraction of sp³-hybridized carbons (Fsp3) is 0.364. The zero-order valence-electron chi connectivity index (χ0n) is 9.60. The van der Waals surface area contributed by atoms with Gasteiger partial charge in [-0.25, -0.2) is 18.0 Å². The van der Waals surface area contributed by atoms with Crippen molar-refractivity contribution in [3.8, 4) is 0 Å². The summed E-state index contributed by atoms with van der Waals surface area (Å²) in [6.07, 6.45) is 0. The summed E-state index contributed by atoms with van der Waals surface area (Å²) in [6.45, 7) is 0.511. The van der Waals surface area contributed by atoms with Gasteiger partial charge in [-0.15, -0.1) is 0 Å². The van der Waals surface area contributed by atoms with Gasteiger partial charge in [0.2, 0.25) is 0 Å². The highest BCUT2D eigenvalue weighted by Gasteiger charge is 2.25. The Morgan fingerprint density at radius 2 is 1.68 bits per heavy atom. The molecule has 19 heavy (non-hydrogen) atoms. The van der Waals surface area contributed by atoms with Gasteiger partial charge < -0.3 is 10.0 Å². The summed E-state index contributed by atoms with van der Waals surface area (Å²) in [4.78, 5) is 12.0. The molecular formula is C11H10Br2F3NO2. The Bertz CT molecular complexity index is 479. The zero-order valence-corrected chi connectivity index (χ0v) is 12.8. The van der Waals surface area contributed by atoms with Crippen molar-refractivity contribution in [2.24, 2.45) is 0 Å². The number of hydrogen-bond donors (Lipinski definition) is 1. The number of carboxylic acid groups (broad SMARTS) is 1. The van der Waals surface area contributed by atoms with E-state index in [1.807, 2.05) is 0 Å². The van der Waals surface area contributed by atoms with Gasteiger partial charge in [-0.2, -0.15) is 0 Å². The molecule has 0 saturated heterocycles. The smallest absolute Gasteiger partial charge is 0.338 e. The Kier molecular flexibility index (Phi) is 6.12. The van der Waals surface area contributed by atoms with E-state index >= 15 is 0 Å². The standard InChI is InChI=1S/C11H10Br2F3NO2/c12-1-3-17(4-2-13)10-7(14)5-6(11(18)19)8(15)9(10)16/h5H,1-4H2,(H,18,19). The summed E-state index contributed by atoms with van der Waals surface area (Å²) in [5.74, 6) is -5.86. The van der Waals surface area contributed by atoms with Crippen LogP contribution in [-0.2, 0) is 0 Å². The van der Waals surface area contributed by atoms with Crippen LogP contribution in [0, 0.1) is 17.5 Å². The lowest BCUT2D eigenvalue weighted by atomic mass is 10.1. The molecule has 1 aromatic carbocycles. The number of carboxylic acids is 1. The zero-order chi connectivity index (χ0) is 14.6. The second kappa shape index (κ2) is 7.14. The maximum absolute atomic E-state index is 13.8. The highest BCUT2D eigenvalue weighted by molar-refractivity contribution is 9.09. The highest BCUT2D eigenvalue weighted by Crippen LogP contribution is 2.28. The van der Waals surface area contributed by atoms with Crippen LogP contribution in [0.3, 0.4) is 0 Å². The highest BCUT2D eigenvalue weighted by atomic mass is 79.9. The Morgan fingerprint density at radius 3 is 2.11 bits per heavy atom. The van der Waals surface area contributed by atoms with E-state index in [1.54, 1.807) is 0 Å². The van der Waals surface area contributed by atoms with E-state index in [2.05, 4.69) is 31.9 Å². The van der Waals surface area contributed by atoms with Gasteiger partial charge in [0.05, 0.1) is 0 Å². The fourth-order valence-electron chi connectivity index (χ4n) is 1.57. The first-order valence-corrected chi connectivity index (χ1v) is 7.46. The average molecular weight is 405 g/mol. The monoisotopic (exact) mass is 403 g/mol. The van der Waals surface area contributed by atoms with Gasteiger partial charge in [0, 0.05) is 23.7 Å². The van der Waals surface area contributed by atoms with Crippen molar-refractivity contribution in [1.29, 1.82) is 0 Å². The molecule has 0 unspecified atom stereocenters. The number of alkyl halides is 2. The molecule has 0 aliphatic rings. The van der Waals surface area contributed by atoms with Gasteiger partial charge in [0.15, 0.2) is 17.5 Å². The van der Waals surface area contributed by atoms with Crippen molar-refractivity contribution in [2.45, 2.75) is 0 Å². The summed E-state index contributed by atoms with van der Waals surface area (Å²) in [7, 11) is 0. The largest absolute Gasteiger partial charge is 0.478 e. The number of hydrogen-bond acceptors (Lipinski definition) is 2. The Balaban J connectivity index is 3.35. The lowest BCUT2D eigenvalue weighted by Gasteiger charge is -2.24. The summed E-state index contributed by atoms with van der Waals surface area (Å²) < 4.78 is 41.2. The second-order valence-corrected chi connectivity index (χ2v) is 5.14. The second-order valence-electron chi connectivity index (χ2n) is 3.55. The van der Waals surface area contributed by atoms with Crippen molar-refractivity contribution in [2.75, 3.05) is 28.6 Å². The molecule has 0 aliphatic carbocycles. The van der Waals surface area contributed by atoms with Crippen molar-refractivity contribution in [3.05, 3.63) is 29.1 Å². The van der Waals surface area contributed by atoms with Crippen molar-refractivity contribution in [1.82, 2.24) is 0 Å². The summed E-state index contributed by atoms with van der Waals surface area (Å²) in [6, 6.07) is 0.492. The van der Waals surface area contributed by atoms with Crippen LogP contribution in [0.1, 0.15) is 10.4 Å². The minimum atomic E-state index is -1.71. The van der Waals surface area contributed by atoms with Gasteiger partial charge in [0.1, 0.15) is 11.3 Å². The normalized spacial score (nSPS) is 10.6. The lowest BCUT2D eigenvalue weighted by Crippen LogP contribution is -2.30. The number of rotatable bonds is 6. The first-order valence-electron chi connectivity index (χ1n) is 5.21. The molecule has 1 rings (SSSR count). The molecule has 8 heteroatoms. The Morgan fingerprint density at radius 1 is 1.16 bits per heavy atom. The molecule has 0 fully saturated rings. The predicted molar refractivity (Wildman–Crippen MR) is 73.1 cm³/mol.